The predicted octanol–water partition coefficient (Wildman–Crippen LogP) is 2.02. The minimum atomic E-state index is -2.11. The Morgan fingerprint density at radius 3 is 2.07 bits per heavy atom. The van der Waals surface area contributed by atoms with Crippen LogP contribution in [0.15, 0.2) is 41.5 Å². The quantitative estimate of drug-likeness (QED) is 0.246. The van der Waals surface area contributed by atoms with E-state index >= 15 is 0 Å². The summed E-state index contributed by atoms with van der Waals surface area (Å²) in [5, 5.41) is 37.4. The van der Waals surface area contributed by atoms with Crippen molar-refractivity contribution < 1.29 is 58.2 Å². The molecule has 0 radical (unpaired) electrons. The molecule has 1 heterocycles. The first-order valence-electron chi connectivity index (χ1n) is 15.1. The van der Waals surface area contributed by atoms with Crippen molar-refractivity contribution in [2.75, 3.05) is 6.61 Å². The first-order valence-corrected chi connectivity index (χ1v) is 15.1. The van der Waals surface area contributed by atoms with E-state index in [4.69, 9.17) is 23.7 Å². The fraction of sp³-hybridized carbons (Fsp3) is 0.636. The van der Waals surface area contributed by atoms with E-state index in [-0.39, 0.29) is 30.6 Å². The Morgan fingerprint density at radius 1 is 0.911 bits per heavy atom. The molecule has 12 heteroatoms. The van der Waals surface area contributed by atoms with E-state index in [2.05, 4.69) is 0 Å². The van der Waals surface area contributed by atoms with Crippen molar-refractivity contribution in [1.29, 1.82) is 0 Å². The van der Waals surface area contributed by atoms with Crippen LogP contribution in [0.5, 0.6) is 0 Å². The smallest absolute Gasteiger partial charge is 0.338 e. The molecule has 45 heavy (non-hydrogen) atoms. The van der Waals surface area contributed by atoms with Crippen molar-refractivity contribution in [2.24, 2.45) is 16.7 Å². The van der Waals surface area contributed by atoms with Gasteiger partial charge < -0.3 is 39.0 Å². The van der Waals surface area contributed by atoms with Gasteiger partial charge in [0, 0.05) is 44.4 Å². The molecule has 0 spiro atoms. The van der Waals surface area contributed by atoms with Crippen molar-refractivity contribution >= 4 is 23.9 Å². The van der Waals surface area contributed by atoms with Gasteiger partial charge in [0.2, 0.25) is 0 Å². The molecule has 0 unspecified atom stereocenters. The Bertz CT molecular complexity index is 1420. The molecule has 1 aromatic rings. The van der Waals surface area contributed by atoms with Gasteiger partial charge in [0.15, 0.2) is 11.7 Å². The topological polar surface area (TPSA) is 175 Å². The third-order valence-electron chi connectivity index (χ3n) is 10.7. The van der Waals surface area contributed by atoms with E-state index < -0.39 is 88.5 Å². The highest BCUT2D eigenvalue weighted by atomic mass is 16.6. The lowest BCUT2D eigenvalue weighted by atomic mass is 9.44. The second-order valence-corrected chi connectivity index (χ2v) is 13.6. The molecule has 2 saturated carbocycles. The van der Waals surface area contributed by atoms with Crippen LogP contribution in [-0.2, 0) is 38.1 Å². The second-order valence-electron chi connectivity index (χ2n) is 13.6. The highest BCUT2D eigenvalue weighted by Gasteiger charge is 2.78. The van der Waals surface area contributed by atoms with Gasteiger partial charge in [-0.05, 0) is 30.2 Å². The summed E-state index contributed by atoms with van der Waals surface area (Å²) in [6, 6.07) is 8.09. The molecule has 1 saturated heterocycles. The summed E-state index contributed by atoms with van der Waals surface area (Å²) in [7, 11) is 0. The fourth-order valence-corrected chi connectivity index (χ4v) is 8.46. The number of carbonyl (C=O) groups is 4. The first kappa shape index (κ1) is 33.1. The number of hydrogen-bond donors (Lipinski definition) is 3. The highest BCUT2D eigenvalue weighted by molar-refractivity contribution is 5.89. The second kappa shape index (κ2) is 11.2. The molecule has 3 aliphatic carbocycles. The Labute approximate surface area is 261 Å². The number of hydrogen-bond acceptors (Lipinski definition) is 12. The van der Waals surface area contributed by atoms with Gasteiger partial charge in [-0.3, -0.25) is 14.4 Å². The van der Waals surface area contributed by atoms with Gasteiger partial charge in [-0.1, -0.05) is 39.0 Å². The molecule has 3 fully saturated rings. The van der Waals surface area contributed by atoms with Crippen LogP contribution in [0.2, 0.25) is 0 Å². The Hall–Kier alpha value is -3.32. The maximum absolute atomic E-state index is 13.9. The molecule has 1 aromatic carbocycles. The van der Waals surface area contributed by atoms with Gasteiger partial charge in [0.25, 0.3) is 0 Å². The van der Waals surface area contributed by atoms with Crippen molar-refractivity contribution in [2.45, 2.75) is 109 Å². The minimum absolute atomic E-state index is 0.0700. The lowest BCUT2D eigenvalue weighted by molar-refractivity contribution is -0.365. The molecule has 0 amide bonds. The van der Waals surface area contributed by atoms with Crippen LogP contribution in [0.3, 0.4) is 0 Å². The number of carbonyl (C=O) groups excluding carboxylic acids is 4. The number of ether oxygens (including phenoxy) is 5. The molecule has 2 bridgehead atoms. The van der Waals surface area contributed by atoms with Gasteiger partial charge in [-0.25, -0.2) is 4.79 Å². The molecule has 12 nitrogen and oxygen atoms in total. The van der Waals surface area contributed by atoms with Crippen LogP contribution in [-0.4, -0.2) is 93.6 Å². The Kier molecular flexibility index (Phi) is 8.21. The lowest BCUT2D eigenvalue weighted by Crippen LogP contribution is -2.82. The SMILES string of the molecule is CC(=O)O[C@H]1C[C@@]2(O)[C@@H](OC(=O)c3ccccc3)[C@@H]3[C@]4(OC(C)=O)CO[C@@H]4C[C@H](O)[C@@]3(C)[C@H](O)[C@H](OC(C)=O)C(=C1C)C2(C)C. The van der Waals surface area contributed by atoms with E-state index in [1.54, 1.807) is 45.9 Å². The maximum atomic E-state index is 13.9. The molecule has 246 valence electrons. The number of aliphatic hydroxyl groups excluding tert-OH is 2. The van der Waals surface area contributed by atoms with Crippen LogP contribution < -0.4 is 0 Å². The molecule has 3 N–H and O–H groups in total. The van der Waals surface area contributed by atoms with E-state index in [0.717, 1.165) is 0 Å². The summed E-state index contributed by atoms with van der Waals surface area (Å²) in [6.07, 6.45) is -8.36. The zero-order valence-electron chi connectivity index (χ0n) is 26.6. The van der Waals surface area contributed by atoms with Crippen molar-refractivity contribution in [3.8, 4) is 0 Å². The van der Waals surface area contributed by atoms with Crippen molar-refractivity contribution in [3.63, 3.8) is 0 Å². The lowest BCUT2D eigenvalue weighted by Gasteiger charge is -2.69. The van der Waals surface area contributed by atoms with Crippen LogP contribution in [0.25, 0.3) is 0 Å². The molecular formula is C33H42O12. The zero-order valence-corrected chi connectivity index (χ0v) is 26.6. The molecule has 10 atom stereocenters. The average molecular weight is 631 g/mol. The molecule has 1 aliphatic heterocycles. The fourth-order valence-electron chi connectivity index (χ4n) is 8.46. The molecule has 4 aliphatic rings. The van der Waals surface area contributed by atoms with Gasteiger partial charge in [0.05, 0.1) is 24.2 Å². The molecule has 5 rings (SSSR count). The molecule has 0 aromatic heterocycles. The zero-order chi connectivity index (χ0) is 33.3. The summed E-state index contributed by atoms with van der Waals surface area (Å²) >= 11 is 0. The summed E-state index contributed by atoms with van der Waals surface area (Å²) in [5.41, 5.74) is -5.96. The van der Waals surface area contributed by atoms with E-state index in [0.29, 0.717) is 5.57 Å². The van der Waals surface area contributed by atoms with Gasteiger partial charge in [-0.2, -0.15) is 0 Å². The first-order chi connectivity index (χ1) is 20.9. The minimum Gasteiger partial charge on any atom is -0.458 e. The average Bonchev–Trinajstić information content (AvgIpc) is 2.94. The third kappa shape index (κ3) is 4.88. The standard InChI is InChI=1S/C33H42O12/c1-16-21(42-17(2)34)14-33(40)28(44-29(39)20-11-9-8-10-12-20)26-31(7,22(37)13-23-32(26,15-41-23)45-19(4)36)27(38)25(43-18(3)35)24(16)30(33,5)6/h8-12,21-23,25-28,37-38,40H,13-15H2,1-7H3/t21-,22-,23+,25+,26-,27+,28-,31+,32-,33+/m0/s1. The largest absolute Gasteiger partial charge is 0.458 e. The van der Waals surface area contributed by atoms with E-state index in [9.17, 15) is 34.5 Å². The number of fused-ring (bicyclic) bond motifs is 5. The van der Waals surface area contributed by atoms with Gasteiger partial charge >= 0.3 is 23.9 Å². The van der Waals surface area contributed by atoms with Gasteiger partial charge in [-0.15, -0.1) is 0 Å². The Morgan fingerprint density at radius 2 is 1.53 bits per heavy atom. The third-order valence-corrected chi connectivity index (χ3v) is 10.7. The van der Waals surface area contributed by atoms with Crippen molar-refractivity contribution in [1.82, 2.24) is 0 Å². The molecular weight excluding hydrogens is 588 g/mol. The summed E-state index contributed by atoms with van der Waals surface area (Å²) in [5.74, 6) is -4.20. The van der Waals surface area contributed by atoms with Crippen LogP contribution in [0, 0.1) is 16.7 Å². The monoisotopic (exact) mass is 630 g/mol. The van der Waals surface area contributed by atoms with E-state index in [1.807, 2.05) is 0 Å². The summed E-state index contributed by atoms with van der Waals surface area (Å²) in [4.78, 5) is 51.5. The number of esters is 4. The van der Waals surface area contributed by atoms with Crippen molar-refractivity contribution in [3.05, 3.63) is 47.0 Å². The summed E-state index contributed by atoms with van der Waals surface area (Å²) < 4.78 is 29.6. The normalized spacial score (nSPS) is 39.9. The highest BCUT2D eigenvalue weighted by Crippen LogP contribution is 2.65. The van der Waals surface area contributed by atoms with Crippen LogP contribution >= 0.6 is 0 Å². The number of benzene rings is 1. The number of aliphatic hydroxyl groups is 3. The van der Waals surface area contributed by atoms with Crippen LogP contribution in [0.4, 0.5) is 0 Å². The van der Waals surface area contributed by atoms with Crippen LogP contribution in [0.1, 0.15) is 71.7 Å². The number of rotatable bonds is 5. The summed E-state index contributed by atoms with van der Waals surface area (Å²) in [6.45, 7) is 9.94. The predicted molar refractivity (Wildman–Crippen MR) is 155 cm³/mol. The maximum Gasteiger partial charge on any atom is 0.338 e. The Balaban J connectivity index is 1.86. The van der Waals surface area contributed by atoms with E-state index in [1.165, 1.54) is 32.9 Å². The van der Waals surface area contributed by atoms with Gasteiger partial charge in [0.1, 0.15) is 30.0 Å².